The molecule has 1 saturated heterocycles. The molecule has 9 nitrogen and oxygen atoms in total. The minimum Gasteiger partial charge on any atom is -0.398 e. The number of allylic oxidation sites excluding steroid dienone is 4. The molecule has 0 saturated carbocycles. The molecule has 0 bridgehead atoms. The first kappa shape index (κ1) is 31.0. The molecular formula is C30H34ClFN6O3S. The van der Waals surface area contributed by atoms with Crippen LogP contribution in [0.2, 0.25) is 5.02 Å². The summed E-state index contributed by atoms with van der Waals surface area (Å²) in [5.41, 5.74) is 7.41. The van der Waals surface area contributed by atoms with Gasteiger partial charge < -0.3 is 15.5 Å². The second-order valence-corrected chi connectivity index (χ2v) is 12.1. The lowest BCUT2D eigenvalue weighted by Gasteiger charge is -2.42. The molecule has 4 rings (SSSR count). The van der Waals surface area contributed by atoms with E-state index in [1.54, 1.807) is 17.0 Å². The maximum absolute atomic E-state index is 15.2. The predicted molar refractivity (Wildman–Crippen MR) is 166 cm³/mol. The van der Waals surface area contributed by atoms with Gasteiger partial charge in [-0.05, 0) is 49.6 Å². The van der Waals surface area contributed by atoms with Crippen LogP contribution < -0.4 is 10.0 Å². The summed E-state index contributed by atoms with van der Waals surface area (Å²) in [6, 6.07) is 8.30. The first-order valence-corrected chi connectivity index (χ1v) is 15.2. The zero-order chi connectivity index (χ0) is 30.9. The number of rotatable bonds is 6. The average molecular weight is 613 g/mol. The molecule has 0 spiro atoms. The van der Waals surface area contributed by atoms with Crippen LogP contribution in [0.4, 0.5) is 15.9 Å². The molecule has 42 heavy (non-hydrogen) atoms. The quantitative estimate of drug-likeness (QED) is 0.343. The summed E-state index contributed by atoms with van der Waals surface area (Å²) in [4.78, 5) is 20.4. The minimum absolute atomic E-state index is 0.00237. The van der Waals surface area contributed by atoms with Crippen molar-refractivity contribution in [2.75, 3.05) is 23.9 Å². The Morgan fingerprint density at radius 1 is 1.21 bits per heavy atom. The van der Waals surface area contributed by atoms with E-state index in [4.69, 9.17) is 22.3 Å². The number of amides is 1. The Morgan fingerprint density at radius 2 is 1.90 bits per heavy atom. The molecule has 2 aliphatic heterocycles. The molecule has 2 aromatic rings. The van der Waals surface area contributed by atoms with E-state index in [0.29, 0.717) is 30.9 Å². The van der Waals surface area contributed by atoms with E-state index in [-0.39, 0.29) is 51.5 Å². The standard InChI is InChI=1S/C30H34ClFN6O3S/c1-7-23(32)27(24(33)8-2)28-22(31)16-21-29(34-28)38(25-13-11-10-12-20(25)18(4)5)42(40,41)35-30(21)37-15-14-36(17-19(37)6)26(39)9-3/h7-13,16,18-19H,2-3,14-15,17,33H2,1,4-6H3/b23-7+,27-24-/t19-/m0/s1. The maximum Gasteiger partial charge on any atom is 0.352 e. The summed E-state index contributed by atoms with van der Waals surface area (Å²) in [5.74, 6) is -0.810. The fourth-order valence-corrected chi connectivity index (χ4v) is 6.65. The Morgan fingerprint density at radius 3 is 2.50 bits per heavy atom. The topological polar surface area (TPSA) is 112 Å². The zero-order valence-electron chi connectivity index (χ0n) is 24.0. The van der Waals surface area contributed by atoms with Gasteiger partial charge in [0.2, 0.25) is 5.91 Å². The lowest BCUT2D eigenvalue weighted by atomic mass is 10.0. The van der Waals surface area contributed by atoms with E-state index in [0.717, 1.165) is 9.87 Å². The van der Waals surface area contributed by atoms with Crippen LogP contribution in [0.1, 0.15) is 50.4 Å². The normalized spacial score (nSPS) is 19.2. The lowest BCUT2D eigenvalue weighted by Crippen LogP contribution is -2.56. The Hall–Kier alpha value is -3.96. The van der Waals surface area contributed by atoms with Crippen LogP contribution in [-0.2, 0) is 15.0 Å². The van der Waals surface area contributed by atoms with Crippen molar-refractivity contribution in [3.63, 3.8) is 0 Å². The van der Waals surface area contributed by atoms with Gasteiger partial charge in [0.1, 0.15) is 5.83 Å². The molecule has 3 heterocycles. The van der Waals surface area contributed by atoms with Gasteiger partial charge >= 0.3 is 10.2 Å². The third-order valence-corrected chi connectivity index (χ3v) is 8.75. The fraction of sp³-hybridized carbons (Fsp3) is 0.300. The van der Waals surface area contributed by atoms with Crippen LogP contribution >= 0.6 is 11.6 Å². The molecule has 2 N–H and O–H groups in total. The van der Waals surface area contributed by atoms with Gasteiger partial charge in [-0.15, -0.1) is 4.40 Å². The number of nitrogens with zero attached hydrogens (tertiary/aromatic N) is 5. The molecular weight excluding hydrogens is 579 g/mol. The molecule has 12 heteroatoms. The van der Waals surface area contributed by atoms with Gasteiger partial charge in [0.25, 0.3) is 0 Å². The van der Waals surface area contributed by atoms with E-state index in [9.17, 15) is 13.2 Å². The number of fused-ring (bicyclic) bond motifs is 1. The lowest BCUT2D eigenvalue weighted by molar-refractivity contribution is -0.128. The van der Waals surface area contributed by atoms with Crippen LogP contribution in [0.5, 0.6) is 0 Å². The summed E-state index contributed by atoms with van der Waals surface area (Å²) in [7, 11) is -4.41. The van der Waals surface area contributed by atoms with Gasteiger partial charge in [-0.2, -0.15) is 8.42 Å². The number of halogens is 2. The summed E-state index contributed by atoms with van der Waals surface area (Å²) in [6.07, 6.45) is 3.74. The van der Waals surface area contributed by atoms with Gasteiger partial charge in [-0.25, -0.2) is 13.7 Å². The van der Waals surface area contributed by atoms with Crippen molar-refractivity contribution in [2.24, 2.45) is 10.1 Å². The molecule has 1 atom stereocenters. The Balaban J connectivity index is 2.02. The molecule has 0 unspecified atom stereocenters. The third kappa shape index (κ3) is 5.58. The number of benzene rings is 1. The number of carbonyl (C=O) groups excluding carboxylic acids is 1. The number of aromatic nitrogens is 1. The summed E-state index contributed by atoms with van der Waals surface area (Å²) >= 11 is 6.74. The van der Waals surface area contributed by atoms with Gasteiger partial charge in [0.05, 0.1) is 27.5 Å². The second kappa shape index (κ2) is 12.1. The Kier molecular flexibility index (Phi) is 8.93. The molecule has 1 fully saturated rings. The van der Waals surface area contributed by atoms with E-state index in [1.807, 2.05) is 37.8 Å². The van der Waals surface area contributed by atoms with E-state index in [2.05, 4.69) is 17.6 Å². The number of carbonyl (C=O) groups is 1. The van der Waals surface area contributed by atoms with Crippen LogP contribution in [0.3, 0.4) is 0 Å². The largest absolute Gasteiger partial charge is 0.398 e. The van der Waals surface area contributed by atoms with Crippen molar-refractivity contribution in [3.8, 4) is 0 Å². The van der Waals surface area contributed by atoms with Crippen LogP contribution in [0.15, 0.2) is 77.6 Å². The maximum atomic E-state index is 15.2. The zero-order valence-corrected chi connectivity index (χ0v) is 25.6. The van der Waals surface area contributed by atoms with Gasteiger partial charge in [-0.3, -0.25) is 4.79 Å². The van der Waals surface area contributed by atoms with E-state index >= 15 is 4.39 Å². The molecule has 1 amide bonds. The Labute approximate surface area is 251 Å². The van der Waals surface area contributed by atoms with Crippen molar-refractivity contribution < 1.29 is 17.6 Å². The number of piperazine rings is 1. The van der Waals surface area contributed by atoms with E-state index in [1.165, 1.54) is 31.2 Å². The van der Waals surface area contributed by atoms with Gasteiger partial charge in [0, 0.05) is 31.4 Å². The highest BCUT2D eigenvalue weighted by Gasteiger charge is 2.40. The van der Waals surface area contributed by atoms with Crippen molar-refractivity contribution in [3.05, 3.63) is 95.1 Å². The number of hydrogen-bond acceptors (Lipinski definition) is 6. The monoisotopic (exact) mass is 612 g/mol. The van der Waals surface area contributed by atoms with Crippen molar-refractivity contribution >= 4 is 50.6 Å². The first-order chi connectivity index (χ1) is 19.9. The minimum atomic E-state index is -4.41. The van der Waals surface area contributed by atoms with E-state index < -0.39 is 16.0 Å². The molecule has 0 radical (unpaired) electrons. The number of para-hydroxylation sites is 1. The number of amidine groups is 1. The number of nitrogens with two attached hydrogens (primary N) is 1. The molecule has 0 aliphatic carbocycles. The SMILES string of the molecule is C=CC(=O)N1CCN(C2=NS(=O)(=O)N(c3ccccc3C(C)C)c3nc(C(/C(F)=C\C)=C(\N)C=C)c(Cl)cc32)[C@@H](C)C1. The van der Waals surface area contributed by atoms with Crippen LogP contribution in [0.25, 0.3) is 5.57 Å². The molecule has 1 aromatic heterocycles. The smallest absolute Gasteiger partial charge is 0.352 e. The molecule has 1 aromatic carbocycles. The van der Waals surface area contributed by atoms with Crippen LogP contribution in [0, 0.1) is 0 Å². The average Bonchev–Trinajstić information content (AvgIpc) is 2.96. The van der Waals surface area contributed by atoms with Crippen molar-refractivity contribution in [2.45, 2.75) is 39.7 Å². The van der Waals surface area contributed by atoms with Gasteiger partial charge in [-0.1, -0.05) is 62.9 Å². The highest BCUT2D eigenvalue weighted by atomic mass is 35.5. The second-order valence-electron chi connectivity index (χ2n) is 10.3. The van der Waals surface area contributed by atoms with Crippen molar-refractivity contribution in [1.82, 2.24) is 14.8 Å². The summed E-state index contributed by atoms with van der Waals surface area (Å²) in [5, 5.41) is 0.0442. The first-order valence-electron chi connectivity index (χ1n) is 13.4. The highest BCUT2D eigenvalue weighted by molar-refractivity contribution is 7.92. The highest BCUT2D eigenvalue weighted by Crippen LogP contribution is 2.43. The number of pyridine rings is 1. The summed E-state index contributed by atoms with van der Waals surface area (Å²) < 4.78 is 48.7. The number of hydrogen-bond donors (Lipinski definition) is 1. The van der Waals surface area contributed by atoms with Crippen molar-refractivity contribution in [1.29, 1.82) is 0 Å². The van der Waals surface area contributed by atoms with Crippen LogP contribution in [-0.4, -0.2) is 60.6 Å². The third-order valence-electron chi connectivity index (χ3n) is 7.22. The number of anilines is 2. The van der Waals surface area contributed by atoms with Gasteiger partial charge in [0.15, 0.2) is 11.7 Å². The molecule has 2 aliphatic rings. The predicted octanol–water partition coefficient (Wildman–Crippen LogP) is 5.45. The molecule has 222 valence electrons. The fourth-order valence-electron chi connectivity index (χ4n) is 5.12. The Bertz CT molecular complexity index is 1650. The summed E-state index contributed by atoms with van der Waals surface area (Å²) in [6.45, 7) is 15.4.